The van der Waals surface area contributed by atoms with Crippen molar-refractivity contribution in [1.29, 1.82) is 0 Å². The van der Waals surface area contributed by atoms with Crippen LogP contribution in [0.25, 0.3) is 165 Å². The van der Waals surface area contributed by atoms with E-state index >= 15 is 0 Å². The number of fused-ring (bicyclic) bond motifs is 15. The number of hydrogen-bond donors (Lipinski definition) is 0. The van der Waals surface area contributed by atoms with E-state index in [1.807, 2.05) is 36.4 Å². The summed E-state index contributed by atoms with van der Waals surface area (Å²) in [5.74, 6) is 0. The average molecular weight is 1400 g/mol. The maximum absolute atomic E-state index is 6.49. The summed E-state index contributed by atoms with van der Waals surface area (Å²) < 4.78 is 24.0. The highest BCUT2D eigenvalue weighted by molar-refractivity contribution is 6.16. The van der Waals surface area contributed by atoms with Crippen molar-refractivity contribution in [3.05, 3.63) is 400 Å². The molecule has 5 heterocycles. The fraction of sp³-hybridized carbons (Fsp3) is 0. The molecule has 0 saturated carbocycles. The third-order valence-corrected chi connectivity index (χ3v) is 21.6. The first kappa shape index (κ1) is 62.9. The summed E-state index contributed by atoms with van der Waals surface area (Å²) in [5.41, 5.74) is 28.0. The van der Waals surface area contributed by atoms with Crippen molar-refractivity contribution < 1.29 is 13.3 Å². The molecule has 0 N–H and O–H groups in total. The monoisotopic (exact) mass is 1390 g/mol. The van der Waals surface area contributed by atoms with Crippen LogP contribution in [0, 0.1) is 0 Å². The lowest BCUT2D eigenvalue weighted by Gasteiger charge is -2.26. The zero-order valence-corrected chi connectivity index (χ0v) is 59.1. The second-order valence-electron chi connectivity index (χ2n) is 27.8. The molecule has 109 heavy (non-hydrogen) atoms. The molecule has 22 rings (SSSR count). The lowest BCUT2D eigenvalue weighted by atomic mass is 10.0. The summed E-state index contributed by atoms with van der Waals surface area (Å²) in [5, 5.41) is 11.8. The maximum Gasteiger partial charge on any atom is 0.159 e. The SMILES string of the molecule is c1ccc(-n2c3ccccc3c3cc(-c4ccc5c(c4)c4ccccc4n5-c4cccc5c4oc4ccccc45)ccc32)cc1.c1ccc(N(c2ccc(-c3ccc(N(c4ccccc4)c4ccc(-c5cccc6c5oc5ccccc56)cc4)cc3)cc2)c2ccc(-c3cccc4c3oc3ccccc34)cc2)cc1. The lowest BCUT2D eigenvalue weighted by Crippen LogP contribution is -2.10. The average Bonchev–Trinajstić information content (AvgIpc) is 1.63. The van der Waals surface area contributed by atoms with Gasteiger partial charge >= 0.3 is 0 Å². The molecule has 0 unspecified atom stereocenters. The Hall–Kier alpha value is -14.7. The van der Waals surface area contributed by atoms with Crippen LogP contribution in [0.3, 0.4) is 0 Å². The Morgan fingerprint density at radius 1 is 0.183 bits per heavy atom. The normalized spacial score (nSPS) is 11.7. The van der Waals surface area contributed by atoms with Crippen LogP contribution >= 0.6 is 0 Å². The van der Waals surface area contributed by atoms with Crippen molar-refractivity contribution in [2.24, 2.45) is 0 Å². The van der Waals surface area contributed by atoms with Crippen molar-refractivity contribution in [1.82, 2.24) is 9.13 Å². The molecule has 0 aliphatic heterocycles. The van der Waals surface area contributed by atoms with E-state index in [1.165, 1.54) is 54.9 Å². The van der Waals surface area contributed by atoms with Crippen molar-refractivity contribution >= 4 is 144 Å². The highest BCUT2D eigenvalue weighted by Crippen LogP contribution is 2.45. The largest absolute Gasteiger partial charge is 0.455 e. The predicted molar refractivity (Wildman–Crippen MR) is 455 cm³/mol. The Morgan fingerprint density at radius 2 is 0.486 bits per heavy atom. The van der Waals surface area contributed by atoms with Crippen LogP contribution in [0.2, 0.25) is 0 Å². The molecule has 0 aliphatic carbocycles. The highest BCUT2D eigenvalue weighted by Gasteiger charge is 2.22. The van der Waals surface area contributed by atoms with Gasteiger partial charge in [-0.15, -0.1) is 0 Å². The van der Waals surface area contributed by atoms with E-state index in [1.54, 1.807) is 0 Å². The van der Waals surface area contributed by atoms with Crippen molar-refractivity contribution in [2.75, 3.05) is 9.80 Å². The number of benzene rings is 17. The van der Waals surface area contributed by atoms with Gasteiger partial charge in [-0.25, -0.2) is 0 Å². The molecule has 0 amide bonds. The van der Waals surface area contributed by atoms with Crippen molar-refractivity contribution in [3.8, 4) is 55.9 Å². The van der Waals surface area contributed by atoms with E-state index in [-0.39, 0.29) is 0 Å². The summed E-state index contributed by atoms with van der Waals surface area (Å²) >= 11 is 0. The van der Waals surface area contributed by atoms with Gasteiger partial charge in [-0.1, -0.05) is 255 Å². The zero-order valence-electron chi connectivity index (χ0n) is 59.1. The first-order valence-corrected chi connectivity index (χ1v) is 37.0. The Morgan fingerprint density at radius 3 is 0.927 bits per heavy atom. The highest BCUT2D eigenvalue weighted by atomic mass is 16.3. The standard InChI is InChI=1S/C60H40N2O2.C42H26N2O/c1-3-13-45(14-4-1)61(49-37-29-43(30-38-49)51-19-11-21-55-53-17-7-9-23-57(53)63-59(51)55)47-33-25-41(26-34-47)42-27-35-48(36-28-42)62(46-15-5-2-6-16-46)50-39-31-44(32-40-50)52-20-12-22-56-54-18-8-10-24-58(54)64-60(52)56;1-2-11-29(12-3-1)43-36-17-7-4-13-30(36)34-25-27(21-23-38(34)43)28-22-24-39-35(26-28)31-14-5-8-18-37(31)44(39)40-19-10-16-33-32-15-6-9-20-41(32)45-42(33)40/h1-40H;1-26H. The maximum atomic E-state index is 6.49. The molecule has 17 aromatic carbocycles. The molecule has 512 valence electrons. The van der Waals surface area contributed by atoms with E-state index in [9.17, 15) is 0 Å². The summed E-state index contributed by atoms with van der Waals surface area (Å²) in [6, 6.07) is 142. The molecular formula is C102H66N4O3. The number of rotatable bonds is 12. The molecule has 0 fully saturated rings. The number of aromatic nitrogens is 2. The van der Waals surface area contributed by atoms with Crippen LogP contribution in [0.4, 0.5) is 34.1 Å². The van der Waals surface area contributed by atoms with Gasteiger partial charge in [0, 0.05) is 105 Å². The predicted octanol–water partition coefficient (Wildman–Crippen LogP) is 28.9. The van der Waals surface area contributed by atoms with Crippen LogP contribution < -0.4 is 9.80 Å². The second kappa shape index (κ2) is 26.2. The van der Waals surface area contributed by atoms with E-state index in [0.29, 0.717) is 0 Å². The number of para-hydroxylation sites is 11. The molecular weight excluding hydrogens is 1330 g/mol. The molecule has 5 aromatic heterocycles. The van der Waals surface area contributed by atoms with Crippen LogP contribution in [0.1, 0.15) is 0 Å². The molecule has 7 heteroatoms. The van der Waals surface area contributed by atoms with Crippen molar-refractivity contribution in [3.63, 3.8) is 0 Å². The van der Waals surface area contributed by atoms with Gasteiger partial charge in [-0.2, -0.15) is 0 Å². The number of anilines is 6. The van der Waals surface area contributed by atoms with Gasteiger partial charge in [-0.3, -0.25) is 0 Å². The summed E-state index contributed by atoms with van der Waals surface area (Å²) in [6.07, 6.45) is 0. The first-order chi connectivity index (χ1) is 54.1. The minimum Gasteiger partial charge on any atom is -0.455 e. The zero-order chi connectivity index (χ0) is 71.9. The molecule has 0 atom stereocenters. The Balaban J connectivity index is 0.000000147. The van der Waals surface area contributed by atoms with E-state index in [2.05, 4.69) is 383 Å². The fourth-order valence-electron chi connectivity index (χ4n) is 16.5. The topological polar surface area (TPSA) is 55.8 Å². The van der Waals surface area contributed by atoms with Gasteiger partial charge in [0.25, 0.3) is 0 Å². The Kier molecular flexibility index (Phi) is 15.1. The number of furan rings is 3. The molecule has 0 aliphatic rings. The quantitative estimate of drug-likeness (QED) is 0.122. The Bertz CT molecular complexity index is 6950. The molecule has 0 spiro atoms. The van der Waals surface area contributed by atoms with Gasteiger partial charge in [-0.05, 0) is 179 Å². The van der Waals surface area contributed by atoms with Crippen molar-refractivity contribution in [2.45, 2.75) is 0 Å². The lowest BCUT2D eigenvalue weighted by molar-refractivity contribution is 0.666. The molecule has 0 bridgehead atoms. The van der Waals surface area contributed by atoms with Gasteiger partial charge in [0.2, 0.25) is 0 Å². The fourth-order valence-corrected chi connectivity index (χ4v) is 16.5. The Labute approximate surface area is 628 Å². The van der Waals surface area contributed by atoms with Crippen LogP contribution in [0.5, 0.6) is 0 Å². The van der Waals surface area contributed by atoms with E-state index in [0.717, 1.165) is 145 Å². The summed E-state index contributed by atoms with van der Waals surface area (Å²) in [6.45, 7) is 0. The van der Waals surface area contributed by atoms with Crippen LogP contribution in [0.15, 0.2) is 414 Å². The van der Waals surface area contributed by atoms with Gasteiger partial charge in [0.15, 0.2) is 5.58 Å². The number of hydrogen-bond acceptors (Lipinski definition) is 5. The second-order valence-corrected chi connectivity index (χ2v) is 27.8. The van der Waals surface area contributed by atoms with Crippen LogP contribution in [-0.2, 0) is 0 Å². The number of nitrogens with zero attached hydrogens (tertiary/aromatic N) is 4. The van der Waals surface area contributed by atoms with E-state index < -0.39 is 0 Å². The molecule has 7 nitrogen and oxygen atoms in total. The minimum atomic E-state index is 0.904. The molecule has 0 saturated heterocycles. The third kappa shape index (κ3) is 10.8. The van der Waals surface area contributed by atoms with Gasteiger partial charge in [0.1, 0.15) is 27.9 Å². The summed E-state index contributed by atoms with van der Waals surface area (Å²) in [7, 11) is 0. The molecule has 0 radical (unpaired) electrons. The minimum absolute atomic E-state index is 0.904. The van der Waals surface area contributed by atoms with Crippen LogP contribution in [-0.4, -0.2) is 9.13 Å². The van der Waals surface area contributed by atoms with Gasteiger partial charge in [0.05, 0.1) is 27.8 Å². The first-order valence-electron chi connectivity index (χ1n) is 37.0. The van der Waals surface area contributed by atoms with Gasteiger partial charge < -0.3 is 32.2 Å². The third-order valence-electron chi connectivity index (χ3n) is 21.6. The smallest absolute Gasteiger partial charge is 0.159 e. The van der Waals surface area contributed by atoms with E-state index in [4.69, 9.17) is 13.3 Å². The molecule has 22 aromatic rings. The summed E-state index contributed by atoms with van der Waals surface area (Å²) in [4.78, 5) is 4.61.